The summed E-state index contributed by atoms with van der Waals surface area (Å²) in [6.07, 6.45) is -0.171. The maximum atomic E-state index is 13.4. The second-order valence-electron chi connectivity index (χ2n) is 6.83. The fourth-order valence-electron chi connectivity index (χ4n) is 3.05. The van der Waals surface area contributed by atoms with Gasteiger partial charge < -0.3 is 9.47 Å². The molecule has 3 aromatic rings. The smallest absolute Gasteiger partial charge is 0.313 e. The third kappa shape index (κ3) is 4.44. The Kier molecular flexibility index (Phi) is 5.72. The number of nitrogens with zero attached hydrogens (tertiary/aromatic N) is 2. The van der Waals surface area contributed by atoms with Gasteiger partial charge in [-0.15, -0.1) is 0 Å². The van der Waals surface area contributed by atoms with Crippen molar-refractivity contribution >= 4 is 23.2 Å². The Morgan fingerprint density at radius 2 is 1.48 bits per heavy atom. The average molecular weight is 418 g/mol. The Morgan fingerprint density at radius 1 is 0.935 bits per heavy atom. The number of imide groups is 1. The fraction of sp³-hybridized carbons (Fsp3) is 0.130. The normalized spacial score (nSPS) is 14.5. The lowest BCUT2D eigenvalue weighted by atomic mass is 10.1. The highest BCUT2D eigenvalue weighted by Gasteiger charge is 2.33. The summed E-state index contributed by atoms with van der Waals surface area (Å²) in [6.45, 7) is 0.566. The number of carbonyl (C=O) groups excluding carboxylic acids is 2. The summed E-state index contributed by atoms with van der Waals surface area (Å²) >= 11 is 0. The van der Waals surface area contributed by atoms with Crippen LogP contribution in [0.5, 0.6) is 5.75 Å². The summed E-state index contributed by atoms with van der Waals surface area (Å²) in [6, 6.07) is 20.6. The van der Waals surface area contributed by atoms with Gasteiger partial charge in [0.15, 0.2) is 0 Å². The van der Waals surface area contributed by atoms with Gasteiger partial charge in [0.05, 0.1) is 11.5 Å². The molecule has 0 bridgehead atoms. The Labute approximate surface area is 177 Å². The third-order valence-corrected chi connectivity index (χ3v) is 4.67. The predicted molar refractivity (Wildman–Crippen MR) is 112 cm³/mol. The van der Waals surface area contributed by atoms with Gasteiger partial charge in [0.2, 0.25) is 5.75 Å². The number of hydrogen-bond acceptors (Lipinski definition) is 6. The molecular formula is C23H18N2O6. The van der Waals surface area contributed by atoms with Crippen molar-refractivity contribution < 1.29 is 24.0 Å². The number of ether oxygens (including phenoxy) is 2. The number of nitro benzene ring substituents is 1. The molecule has 0 radical (unpaired) electrons. The first-order chi connectivity index (χ1) is 15.1. The number of amides is 2. The van der Waals surface area contributed by atoms with Crippen molar-refractivity contribution in [3.8, 4) is 5.75 Å². The van der Waals surface area contributed by atoms with Crippen molar-refractivity contribution in [2.45, 2.75) is 6.10 Å². The van der Waals surface area contributed by atoms with Gasteiger partial charge in [0, 0.05) is 17.2 Å². The Hall–Kier alpha value is -4.04. The molecule has 0 aliphatic carbocycles. The molecule has 1 atom stereocenters. The molecule has 1 aliphatic rings. The molecule has 0 N–H and O–H groups in total. The number of benzene rings is 3. The van der Waals surface area contributed by atoms with Gasteiger partial charge in [-0.05, 0) is 30.3 Å². The van der Waals surface area contributed by atoms with E-state index in [0.717, 1.165) is 4.90 Å². The summed E-state index contributed by atoms with van der Waals surface area (Å²) in [7, 11) is 0. The number of para-hydroxylation sites is 1. The maximum Gasteiger partial charge on any atom is 0.313 e. The largest absolute Gasteiger partial charge is 0.482 e. The van der Waals surface area contributed by atoms with Crippen molar-refractivity contribution in [2.24, 2.45) is 0 Å². The van der Waals surface area contributed by atoms with Crippen molar-refractivity contribution in [3.05, 3.63) is 100 Å². The molecule has 3 aromatic carbocycles. The molecule has 8 heteroatoms. The number of nitro groups is 1. The molecule has 1 heterocycles. The molecule has 1 fully saturated rings. The van der Waals surface area contributed by atoms with Crippen LogP contribution in [0.25, 0.3) is 0 Å². The fourth-order valence-corrected chi connectivity index (χ4v) is 3.05. The quantitative estimate of drug-likeness (QED) is 0.250. The van der Waals surface area contributed by atoms with Crippen LogP contribution in [-0.2, 0) is 4.74 Å². The van der Waals surface area contributed by atoms with E-state index >= 15 is 0 Å². The standard InChI is InChI=1S/C23H18N2O6/c26-22(16-8-3-1-4-9-16)24(23(27)17-10-5-2-6-11-17)19-12-7-13-20(25(28)29)21(19)31-15-18-14-30-18/h1-13,18H,14-15H2. The lowest BCUT2D eigenvalue weighted by Crippen LogP contribution is -2.37. The zero-order valence-electron chi connectivity index (χ0n) is 16.3. The summed E-state index contributed by atoms with van der Waals surface area (Å²) < 4.78 is 10.8. The number of hydrogen-bond donors (Lipinski definition) is 0. The Morgan fingerprint density at radius 3 is 1.97 bits per heavy atom. The second-order valence-corrected chi connectivity index (χ2v) is 6.83. The minimum Gasteiger partial charge on any atom is -0.482 e. The van der Waals surface area contributed by atoms with Gasteiger partial charge in [-0.1, -0.05) is 42.5 Å². The Balaban J connectivity index is 1.84. The zero-order valence-corrected chi connectivity index (χ0v) is 16.3. The van der Waals surface area contributed by atoms with Gasteiger partial charge >= 0.3 is 5.69 Å². The zero-order chi connectivity index (χ0) is 21.8. The molecule has 156 valence electrons. The van der Waals surface area contributed by atoms with Gasteiger partial charge in [0.25, 0.3) is 11.8 Å². The van der Waals surface area contributed by atoms with Gasteiger partial charge in [0.1, 0.15) is 18.4 Å². The van der Waals surface area contributed by atoms with E-state index in [0.29, 0.717) is 6.61 Å². The number of epoxide rings is 1. The van der Waals surface area contributed by atoms with Crippen molar-refractivity contribution in [3.63, 3.8) is 0 Å². The SMILES string of the molecule is O=C(c1ccccc1)N(C(=O)c1ccccc1)c1cccc([N+](=O)[O-])c1OCC1CO1. The van der Waals surface area contributed by atoms with E-state index in [1.807, 2.05) is 0 Å². The molecule has 8 nitrogen and oxygen atoms in total. The van der Waals surface area contributed by atoms with E-state index in [-0.39, 0.29) is 41.0 Å². The minimum absolute atomic E-state index is 0.00226. The van der Waals surface area contributed by atoms with Crippen LogP contribution >= 0.6 is 0 Å². The summed E-state index contributed by atoms with van der Waals surface area (Å²) in [5.41, 5.74) is 0.173. The van der Waals surface area contributed by atoms with Crippen LogP contribution in [-0.4, -0.2) is 36.1 Å². The molecule has 0 spiro atoms. The van der Waals surface area contributed by atoms with Gasteiger partial charge in [-0.3, -0.25) is 19.7 Å². The lowest BCUT2D eigenvalue weighted by molar-refractivity contribution is -0.385. The van der Waals surface area contributed by atoms with E-state index < -0.39 is 16.7 Å². The molecule has 1 unspecified atom stereocenters. The first-order valence-corrected chi connectivity index (χ1v) is 9.57. The topological polar surface area (TPSA) is 102 Å². The van der Waals surface area contributed by atoms with Crippen LogP contribution in [0.2, 0.25) is 0 Å². The van der Waals surface area contributed by atoms with Crippen molar-refractivity contribution in [2.75, 3.05) is 18.1 Å². The lowest BCUT2D eigenvalue weighted by Gasteiger charge is -2.23. The second kappa shape index (κ2) is 8.76. The number of rotatable bonds is 7. The molecule has 0 aromatic heterocycles. The number of anilines is 1. The van der Waals surface area contributed by atoms with E-state index in [1.165, 1.54) is 18.2 Å². The summed E-state index contributed by atoms with van der Waals surface area (Å²) in [5.74, 6) is -1.40. The molecule has 1 saturated heterocycles. The first kappa shape index (κ1) is 20.2. The predicted octanol–water partition coefficient (Wildman–Crippen LogP) is 3.86. The molecular weight excluding hydrogens is 400 g/mol. The third-order valence-electron chi connectivity index (χ3n) is 4.67. The van der Waals surface area contributed by atoms with Crippen LogP contribution < -0.4 is 9.64 Å². The summed E-state index contributed by atoms with van der Waals surface area (Å²) in [5, 5.41) is 11.6. The average Bonchev–Trinajstić information content (AvgIpc) is 3.63. The minimum atomic E-state index is -0.623. The van der Waals surface area contributed by atoms with E-state index in [4.69, 9.17) is 9.47 Å². The first-order valence-electron chi connectivity index (χ1n) is 9.57. The van der Waals surface area contributed by atoms with Gasteiger partial charge in [-0.2, -0.15) is 0 Å². The van der Waals surface area contributed by atoms with E-state index in [2.05, 4.69) is 0 Å². The maximum absolute atomic E-state index is 13.4. The number of carbonyl (C=O) groups is 2. The highest BCUT2D eigenvalue weighted by Crippen LogP contribution is 2.39. The highest BCUT2D eigenvalue weighted by molar-refractivity contribution is 6.26. The van der Waals surface area contributed by atoms with E-state index in [1.54, 1.807) is 60.7 Å². The monoisotopic (exact) mass is 418 g/mol. The van der Waals surface area contributed by atoms with Gasteiger partial charge in [-0.25, -0.2) is 4.90 Å². The Bertz CT molecular complexity index is 1060. The van der Waals surface area contributed by atoms with E-state index in [9.17, 15) is 19.7 Å². The molecule has 0 saturated carbocycles. The van der Waals surface area contributed by atoms with Crippen molar-refractivity contribution in [1.82, 2.24) is 0 Å². The van der Waals surface area contributed by atoms with Crippen molar-refractivity contribution in [1.29, 1.82) is 0 Å². The van der Waals surface area contributed by atoms with Crippen LogP contribution in [0.1, 0.15) is 20.7 Å². The molecule has 1 aliphatic heterocycles. The summed E-state index contributed by atoms with van der Waals surface area (Å²) in [4.78, 5) is 38.8. The van der Waals surface area contributed by atoms with Crippen LogP contribution in [0.3, 0.4) is 0 Å². The van der Waals surface area contributed by atoms with Crippen LogP contribution in [0, 0.1) is 10.1 Å². The molecule has 31 heavy (non-hydrogen) atoms. The molecule has 2 amide bonds. The highest BCUT2D eigenvalue weighted by atomic mass is 16.6. The molecule has 4 rings (SSSR count). The van der Waals surface area contributed by atoms with Crippen LogP contribution in [0.15, 0.2) is 78.9 Å². The van der Waals surface area contributed by atoms with Crippen LogP contribution in [0.4, 0.5) is 11.4 Å².